The van der Waals surface area contributed by atoms with Gasteiger partial charge in [-0.05, 0) is 25.5 Å². The summed E-state index contributed by atoms with van der Waals surface area (Å²) in [7, 11) is 2.04. The molecule has 0 aromatic carbocycles. The molecule has 1 rings (SSSR count). The molecule has 0 saturated carbocycles. The van der Waals surface area contributed by atoms with Crippen LogP contribution in [0.15, 0.2) is 18.3 Å². The van der Waals surface area contributed by atoms with E-state index in [1.165, 1.54) is 6.42 Å². The average Bonchev–Trinajstić information content (AvgIpc) is 2.18. The van der Waals surface area contributed by atoms with E-state index < -0.39 is 0 Å². The van der Waals surface area contributed by atoms with E-state index in [0.29, 0.717) is 6.04 Å². The highest BCUT2D eigenvalue weighted by atomic mass is 15.2. The van der Waals surface area contributed by atoms with Gasteiger partial charge >= 0.3 is 0 Å². The van der Waals surface area contributed by atoms with Crippen molar-refractivity contribution in [2.75, 3.05) is 17.7 Å². The van der Waals surface area contributed by atoms with Gasteiger partial charge in [0.1, 0.15) is 0 Å². The molecule has 0 amide bonds. The second kappa shape index (κ2) is 4.84. The van der Waals surface area contributed by atoms with Gasteiger partial charge in [-0.1, -0.05) is 13.3 Å². The van der Waals surface area contributed by atoms with Gasteiger partial charge in [-0.25, -0.2) is 4.98 Å². The predicted molar refractivity (Wildman–Crippen MR) is 61.4 cm³/mol. The summed E-state index contributed by atoms with van der Waals surface area (Å²) in [5.74, 6) is 0.883. The number of hydrogen-bond acceptors (Lipinski definition) is 3. The molecule has 14 heavy (non-hydrogen) atoms. The minimum Gasteiger partial charge on any atom is -0.396 e. The van der Waals surface area contributed by atoms with E-state index in [1.807, 2.05) is 19.2 Å². The molecule has 2 N–H and O–H groups in total. The first-order chi connectivity index (χ1) is 6.66. The molecule has 1 heterocycles. The lowest BCUT2D eigenvalue weighted by Crippen LogP contribution is -2.30. The van der Waals surface area contributed by atoms with Crippen molar-refractivity contribution in [1.29, 1.82) is 0 Å². The van der Waals surface area contributed by atoms with Crippen LogP contribution in [0.25, 0.3) is 0 Å². The third-order valence-corrected chi connectivity index (χ3v) is 2.52. The molecule has 0 aliphatic rings. The van der Waals surface area contributed by atoms with Gasteiger partial charge in [0, 0.05) is 19.3 Å². The van der Waals surface area contributed by atoms with E-state index in [4.69, 9.17) is 5.73 Å². The van der Waals surface area contributed by atoms with Crippen molar-refractivity contribution in [3.8, 4) is 0 Å². The number of rotatable bonds is 4. The van der Waals surface area contributed by atoms with Crippen LogP contribution < -0.4 is 10.6 Å². The standard InChI is InChI=1S/C11H19N3/c1-4-6-9(2)14(3)11-10(12)7-5-8-13-11/h5,7-9H,4,6,12H2,1-3H3. The van der Waals surface area contributed by atoms with Gasteiger partial charge in [-0.15, -0.1) is 0 Å². The lowest BCUT2D eigenvalue weighted by atomic mass is 10.1. The Bertz CT molecular complexity index is 286. The Hall–Kier alpha value is -1.25. The molecule has 78 valence electrons. The van der Waals surface area contributed by atoms with Gasteiger partial charge in [0.25, 0.3) is 0 Å². The topological polar surface area (TPSA) is 42.2 Å². The molecule has 0 fully saturated rings. The van der Waals surface area contributed by atoms with Crippen molar-refractivity contribution in [2.45, 2.75) is 32.7 Å². The fraction of sp³-hybridized carbons (Fsp3) is 0.545. The summed E-state index contributed by atoms with van der Waals surface area (Å²) in [6, 6.07) is 4.23. The van der Waals surface area contributed by atoms with E-state index in [1.54, 1.807) is 6.20 Å². The quantitative estimate of drug-likeness (QED) is 0.797. The maximum absolute atomic E-state index is 5.85. The SMILES string of the molecule is CCCC(C)N(C)c1ncccc1N. The Kier molecular flexibility index (Phi) is 3.74. The molecule has 3 nitrogen and oxygen atoms in total. The van der Waals surface area contributed by atoms with Crippen molar-refractivity contribution in [3.05, 3.63) is 18.3 Å². The Morgan fingerprint density at radius 3 is 2.86 bits per heavy atom. The maximum Gasteiger partial charge on any atom is 0.151 e. The van der Waals surface area contributed by atoms with Crippen LogP contribution in [0, 0.1) is 0 Å². The lowest BCUT2D eigenvalue weighted by Gasteiger charge is -2.26. The largest absolute Gasteiger partial charge is 0.396 e. The minimum absolute atomic E-state index is 0.484. The smallest absolute Gasteiger partial charge is 0.151 e. The highest BCUT2D eigenvalue weighted by Gasteiger charge is 2.11. The van der Waals surface area contributed by atoms with Gasteiger partial charge in [-0.2, -0.15) is 0 Å². The number of hydrogen-bond donors (Lipinski definition) is 1. The fourth-order valence-electron chi connectivity index (χ4n) is 1.52. The van der Waals surface area contributed by atoms with Gasteiger partial charge in [-0.3, -0.25) is 0 Å². The van der Waals surface area contributed by atoms with Gasteiger partial charge in [0.05, 0.1) is 5.69 Å². The zero-order valence-electron chi connectivity index (χ0n) is 9.20. The Balaban J connectivity index is 2.78. The Labute approximate surface area is 85.9 Å². The van der Waals surface area contributed by atoms with Crippen molar-refractivity contribution >= 4 is 11.5 Å². The second-order valence-corrected chi connectivity index (χ2v) is 3.66. The van der Waals surface area contributed by atoms with Gasteiger partial charge in [0.15, 0.2) is 5.82 Å². The van der Waals surface area contributed by atoms with E-state index in [-0.39, 0.29) is 0 Å². The molecule has 1 aromatic heterocycles. The number of aromatic nitrogens is 1. The third kappa shape index (κ3) is 2.37. The highest BCUT2D eigenvalue weighted by molar-refractivity contribution is 5.62. The monoisotopic (exact) mass is 193 g/mol. The number of nitrogens with two attached hydrogens (primary N) is 1. The molecule has 0 aliphatic heterocycles. The van der Waals surface area contributed by atoms with E-state index in [9.17, 15) is 0 Å². The summed E-state index contributed by atoms with van der Waals surface area (Å²) in [5, 5.41) is 0. The second-order valence-electron chi connectivity index (χ2n) is 3.66. The van der Waals surface area contributed by atoms with E-state index >= 15 is 0 Å². The van der Waals surface area contributed by atoms with Crippen LogP contribution in [0.4, 0.5) is 11.5 Å². The summed E-state index contributed by atoms with van der Waals surface area (Å²) in [5.41, 5.74) is 6.60. The molecule has 0 aliphatic carbocycles. The van der Waals surface area contributed by atoms with Gasteiger partial charge in [0.2, 0.25) is 0 Å². The van der Waals surface area contributed by atoms with E-state index in [2.05, 4.69) is 23.7 Å². The first kappa shape index (κ1) is 10.8. The Morgan fingerprint density at radius 2 is 2.29 bits per heavy atom. The first-order valence-corrected chi connectivity index (χ1v) is 5.10. The van der Waals surface area contributed by atoms with Crippen molar-refractivity contribution in [3.63, 3.8) is 0 Å². The van der Waals surface area contributed by atoms with Crippen molar-refractivity contribution < 1.29 is 0 Å². The molecular formula is C11H19N3. The number of nitrogen functional groups attached to an aromatic ring is 1. The molecule has 0 saturated heterocycles. The molecule has 0 radical (unpaired) electrons. The molecular weight excluding hydrogens is 174 g/mol. The summed E-state index contributed by atoms with van der Waals surface area (Å²) < 4.78 is 0. The molecule has 1 unspecified atom stereocenters. The third-order valence-electron chi connectivity index (χ3n) is 2.52. The van der Waals surface area contributed by atoms with Crippen LogP contribution in [0.5, 0.6) is 0 Å². The summed E-state index contributed by atoms with van der Waals surface area (Å²) >= 11 is 0. The Morgan fingerprint density at radius 1 is 1.57 bits per heavy atom. The highest BCUT2D eigenvalue weighted by Crippen LogP contribution is 2.20. The molecule has 0 spiro atoms. The summed E-state index contributed by atoms with van der Waals surface area (Å²) in [6.07, 6.45) is 4.12. The number of nitrogens with zero attached hydrogens (tertiary/aromatic N) is 2. The number of anilines is 2. The maximum atomic E-state index is 5.85. The van der Waals surface area contributed by atoms with Crippen LogP contribution in [-0.4, -0.2) is 18.1 Å². The van der Waals surface area contributed by atoms with Crippen LogP contribution in [-0.2, 0) is 0 Å². The number of pyridine rings is 1. The van der Waals surface area contributed by atoms with Crippen molar-refractivity contribution in [1.82, 2.24) is 4.98 Å². The van der Waals surface area contributed by atoms with E-state index in [0.717, 1.165) is 17.9 Å². The molecule has 1 aromatic rings. The summed E-state index contributed by atoms with van der Waals surface area (Å²) in [4.78, 5) is 6.42. The molecule has 0 bridgehead atoms. The molecule has 1 atom stereocenters. The van der Waals surface area contributed by atoms with Crippen LogP contribution in [0.3, 0.4) is 0 Å². The van der Waals surface area contributed by atoms with Crippen LogP contribution in [0.1, 0.15) is 26.7 Å². The van der Waals surface area contributed by atoms with Gasteiger partial charge < -0.3 is 10.6 Å². The van der Waals surface area contributed by atoms with Crippen LogP contribution >= 0.6 is 0 Å². The predicted octanol–water partition coefficient (Wildman–Crippen LogP) is 2.29. The lowest BCUT2D eigenvalue weighted by molar-refractivity contribution is 0.612. The summed E-state index contributed by atoms with van der Waals surface area (Å²) in [6.45, 7) is 4.38. The minimum atomic E-state index is 0.484. The fourth-order valence-corrected chi connectivity index (χ4v) is 1.52. The first-order valence-electron chi connectivity index (χ1n) is 5.10. The normalized spacial score (nSPS) is 12.5. The van der Waals surface area contributed by atoms with Crippen molar-refractivity contribution in [2.24, 2.45) is 0 Å². The molecule has 3 heteroatoms. The zero-order valence-corrected chi connectivity index (χ0v) is 9.20. The average molecular weight is 193 g/mol. The van der Waals surface area contributed by atoms with Crippen LogP contribution in [0.2, 0.25) is 0 Å². The zero-order chi connectivity index (χ0) is 10.6.